The molecule has 2 atom stereocenters. The van der Waals surface area contributed by atoms with Gasteiger partial charge in [0.15, 0.2) is 11.0 Å². The Kier molecular flexibility index (Phi) is 3.96. The van der Waals surface area contributed by atoms with Crippen LogP contribution in [0.3, 0.4) is 0 Å². The number of nitriles is 1. The molecule has 3 rings (SSSR count). The van der Waals surface area contributed by atoms with Crippen LogP contribution in [0.1, 0.15) is 30.2 Å². The summed E-state index contributed by atoms with van der Waals surface area (Å²) in [5, 5.41) is 18.8. The number of aromatic nitrogens is 1. The Morgan fingerprint density at radius 3 is 3.00 bits per heavy atom. The SMILES string of the molecule is CC1(O)CCc2c(S(=O)Nc3ccc(C#N)cc3F)c[nH]c2C1. The number of anilines is 1. The minimum Gasteiger partial charge on any atom is -0.390 e. The first kappa shape index (κ1) is 15.7. The van der Waals surface area contributed by atoms with Crippen LogP contribution >= 0.6 is 0 Å². The lowest BCUT2D eigenvalue weighted by atomic mass is 9.85. The number of hydrogen-bond acceptors (Lipinski definition) is 3. The average molecular weight is 333 g/mol. The van der Waals surface area contributed by atoms with E-state index in [1.165, 1.54) is 12.1 Å². The van der Waals surface area contributed by atoms with Gasteiger partial charge in [-0.3, -0.25) is 4.72 Å². The largest absolute Gasteiger partial charge is 0.390 e. The second-order valence-electron chi connectivity index (χ2n) is 5.96. The number of aromatic amines is 1. The fraction of sp³-hybridized carbons (Fsp3) is 0.312. The van der Waals surface area contributed by atoms with Gasteiger partial charge in [-0.1, -0.05) is 0 Å². The number of aliphatic hydroxyl groups is 1. The second kappa shape index (κ2) is 5.80. The molecule has 0 fully saturated rings. The lowest BCUT2D eigenvalue weighted by Crippen LogP contribution is -2.32. The number of halogens is 1. The second-order valence-corrected chi connectivity index (χ2v) is 7.14. The van der Waals surface area contributed by atoms with Crippen LogP contribution in [-0.2, 0) is 23.8 Å². The third-order valence-corrected chi connectivity index (χ3v) is 5.18. The summed E-state index contributed by atoms with van der Waals surface area (Å²) in [6.45, 7) is 1.78. The van der Waals surface area contributed by atoms with Gasteiger partial charge in [-0.15, -0.1) is 0 Å². The summed E-state index contributed by atoms with van der Waals surface area (Å²) >= 11 is 0. The van der Waals surface area contributed by atoms with E-state index in [0.717, 1.165) is 17.3 Å². The summed E-state index contributed by atoms with van der Waals surface area (Å²) in [5.74, 6) is -0.621. The highest BCUT2D eigenvalue weighted by molar-refractivity contribution is 7.86. The predicted octanol–water partition coefficient (Wildman–Crippen LogP) is 2.40. The summed E-state index contributed by atoms with van der Waals surface area (Å²) in [6, 6.07) is 5.82. The first-order chi connectivity index (χ1) is 10.9. The van der Waals surface area contributed by atoms with E-state index in [1.54, 1.807) is 13.1 Å². The molecule has 0 bridgehead atoms. The molecule has 120 valence electrons. The zero-order chi connectivity index (χ0) is 16.6. The third-order valence-electron chi connectivity index (χ3n) is 4.01. The van der Waals surface area contributed by atoms with E-state index >= 15 is 0 Å². The molecular formula is C16H16FN3O2S. The summed E-state index contributed by atoms with van der Waals surface area (Å²) in [7, 11) is -1.62. The van der Waals surface area contributed by atoms with E-state index in [2.05, 4.69) is 9.71 Å². The predicted molar refractivity (Wildman–Crippen MR) is 84.6 cm³/mol. The normalized spacial score (nSPS) is 21.3. The summed E-state index contributed by atoms with van der Waals surface area (Å²) in [5.41, 5.74) is 1.31. The smallest absolute Gasteiger partial charge is 0.152 e. The molecule has 1 aliphatic carbocycles. The van der Waals surface area contributed by atoms with Crippen LogP contribution in [0, 0.1) is 17.1 Å². The molecule has 0 saturated carbocycles. The Hall–Kier alpha value is -2.17. The minimum atomic E-state index is -1.62. The topological polar surface area (TPSA) is 88.9 Å². The fourth-order valence-corrected chi connectivity index (χ4v) is 3.85. The molecule has 1 heterocycles. The fourth-order valence-electron chi connectivity index (χ4n) is 2.76. The molecule has 0 spiro atoms. The van der Waals surface area contributed by atoms with Gasteiger partial charge < -0.3 is 10.1 Å². The zero-order valence-corrected chi connectivity index (χ0v) is 13.3. The highest BCUT2D eigenvalue weighted by Gasteiger charge is 2.31. The molecule has 5 nitrogen and oxygen atoms in total. The van der Waals surface area contributed by atoms with Crippen molar-refractivity contribution in [1.29, 1.82) is 5.26 Å². The van der Waals surface area contributed by atoms with Crippen LogP contribution in [0.4, 0.5) is 10.1 Å². The van der Waals surface area contributed by atoms with E-state index in [0.29, 0.717) is 24.2 Å². The van der Waals surface area contributed by atoms with Crippen molar-refractivity contribution >= 4 is 16.7 Å². The van der Waals surface area contributed by atoms with Crippen LogP contribution in [0.25, 0.3) is 0 Å². The van der Waals surface area contributed by atoms with Crippen molar-refractivity contribution in [3.8, 4) is 6.07 Å². The van der Waals surface area contributed by atoms with Gasteiger partial charge in [0, 0.05) is 18.3 Å². The maximum Gasteiger partial charge on any atom is 0.152 e. The van der Waals surface area contributed by atoms with Gasteiger partial charge in [0.2, 0.25) is 0 Å². The Morgan fingerprint density at radius 2 is 2.30 bits per heavy atom. The van der Waals surface area contributed by atoms with E-state index in [1.807, 2.05) is 6.07 Å². The monoisotopic (exact) mass is 333 g/mol. The van der Waals surface area contributed by atoms with Crippen molar-refractivity contribution in [3.63, 3.8) is 0 Å². The number of nitrogens with zero attached hydrogens (tertiary/aromatic N) is 1. The Labute approximate surface area is 135 Å². The van der Waals surface area contributed by atoms with E-state index < -0.39 is 22.4 Å². The van der Waals surface area contributed by atoms with Crippen molar-refractivity contribution in [3.05, 3.63) is 47.0 Å². The molecule has 1 aliphatic rings. The zero-order valence-electron chi connectivity index (χ0n) is 12.5. The van der Waals surface area contributed by atoms with Crippen molar-refractivity contribution in [1.82, 2.24) is 4.98 Å². The molecule has 2 unspecified atom stereocenters. The standard InChI is InChI=1S/C16H16FN3O2S/c1-16(21)5-4-11-14(7-16)19-9-15(11)23(22)20-13-3-2-10(8-18)6-12(13)17/h2-3,6,9,19-21H,4-5,7H2,1H3. The van der Waals surface area contributed by atoms with Crippen LogP contribution < -0.4 is 4.72 Å². The molecule has 0 aliphatic heterocycles. The van der Waals surface area contributed by atoms with Gasteiger partial charge in [-0.05, 0) is 43.5 Å². The Balaban J connectivity index is 1.83. The number of H-pyrrole nitrogens is 1. The number of nitrogens with one attached hydrogen (secondary N) is 2. The van der Waals surface area contributed by atoms with Gasteiger partial charge in [-0.25, -0.2) is 8.60 Å². The van der Waals surface area contributed by atoms with Crippen molar-refractivity contribution in [2.24, 2.45) is 0 Å². The molecule has 1 aromatic heterocycles. The molecule has 0 saturated heterocycles. The number of fused-ring (bicyclic) bond motifs is 1. The summed E-state index contributed by atoms with van der Waals surface area (Å²) < 4.78 is 29.0. The van der Waals surface area contributed by atoms with Crippen molar-refractivity contribution in [2.75, 3.05) is 4.72 Å². The third kappa shape index (κ3) is 3.14. The highest BCUT2D eigenvalue weighted by atomic mass is 32.2. The molecule has 1 aromatic carbocycles. The number of rotatable bonds is 3. The molecule has 23 heavy (non-hydrogen) atoms. The van der Waals surface area contributed by atoms with Gasteiger partial charge in [0.25, 0.3) is 0 Å². The van der Waals surface area contributed by atoms with Gasteiger partial charge >= 0.3 is 0 Å². The van der Waals surface area contributed by atoms with Crippen molar-refractivity contribution in [2.45, 2.75) is 36.7 Å². The highest BCUT2D eigenvalue weighted by Crippen LogP contribution is 2.32. The molecule has 3 N–H and O–H groups in total. The Morgan fingerprint density at radius 1 is 1.52 bits per heavy atom. The lowest BCUT2D eigenvalue weighted by Gasteiger charge is -2.28. The minimum absolute atomic E-state index is 0.0834. The maximum atomic E-state index is 13.9. The van der Waals surface area contributed by atoms with Gasteiger partial charge in [0.05, 0.1) is 27.8 Å². The molecule has 2 aromatic rings. The Bertz CT molecular complexity index is 823. The average Bonchev–Trinajstić information content (AvgIpc) is 2.90. The molecule has 0 amide bonds. The van der Waals surface area contributed by atoms with E-state index in [4.69, 9.17) is 5.26 Å². The maximum absolute atomic E-state index is 13.9. The van der Waals surface area contributed by atoms with Crippen LogP contribution in [0.5, 0.6) is 0 Å². The lowest BCUT2D eigenvalue weighted by molar-refractivity contribution is 0.0447. The first-order valence-corrected chi connectivity index (χ1v) is 8.34. The van der Waals surface area contributed by atoms with Crippen LogP contribution in [0.15, 0.2) is 29.3 Å². The number of benzene rings is 1. The molecule has 7 heteroatoms. The number of hydrogen-bond donors (Lipinski definition) is 3. The van der Waals surface area contributed by atoms with E-state index in [-0.39, 0.29) is 11.3 Å². The molecule has 0 radical (unpaired) electrons. The van der Waals surface area contributed by atoms with Gasteiger partial charge in [-0.2, -0.15) is 5.26 Å². The summed E-state index contributed by atoms with van der Waals surface area (Å²) in [4.78, 5) is 3.62. The van der Waals surface area contributed by atoms with Crippen LogP contribution in [0.2, 0.25) is 0 Å². The van der Waals surface area contributed by atoms with Gasteiger partial charge in [0.1, 0.15) is 5.82 Å². The van der Waals surface area contributed by atoms with Crippen molar-refractivity contribution < 1.29 is 13.7 Å². The van der Waals surface area contributed by atoms with E-state index in [9.17, 15) is 13.7 Å². The van der Waals surface area contributed by atoms with Crippen LogP contribution in [-0.4, -0.2) is 19.9 Å². The quantitative estimate of drug-likeness (QED) is 0.806. The first-order valence-electron chi connectivity index (χ1n) is 7.19. The molecular weight excluding hydrogens is 317 g/mol. The summed E-state index contributed by atoms with van der Waals surface area (Å²) in [6.07, 6.45) is 3.32.